The van der Waals surface area contributed by atoms with Crippen molar-refractivity contribution in [3.8, 4) is 0 Å². The molecular formula is C8H12NO+. The second-order valence-corrected chi connectivity index (χ2v) is 2.45. The van der Waals surface area contributed by atoms with Crippen LogP contribution in [0.15, 0.2) is 18.3 Å². The van der Waals surface area contributed by atoms with E-state index >= 15 is 0 Å². The predicted octanol–water partition coefficient (Wildman–Crippen LogP) is 0.312. The minimum Gasteiger partial charge on any atom is -0.392 e. The van der Waals surface area contributed by atoms with Gasteiger partial charge in [-0.25, -0.2) is 4.57 Å². The van der Waals surface area contributed by atoms with Gasteiger partial charge in [-0.1, -0.05) is 0 Å². The number of hydrogen-bond donors (Lipinski definition) is 1. The number of aromatic nitrogens is 1. The summed E-state index contributed by atoms with van der Waals surface area (Å²) >= 11 is 0. The minimum absolute atomic E-state index is 0.127. The first-order valence-corrected chi connectivity index (χ1v) is 3.30. The summed E-state index contributed by atoms with van der Waals surface area (Å²) in [6, 6.07) is 3.88. The second kappa shape index (κ2) is 2.80. The lowest BCUT2D eigenvalue weighted by Gasteiger charge is -1.95. The van der Waals surface area contributed by atoms with Crippen LogP contribution < -0.4 is 4.57 Å². The molecule has 0 aliphatic carbocycles. The quantitative estimate of drug-likeness (QED) is 0.555. The van der Waals surface area contributed by atoms with Crippen LogP contribution in [0.1, 0.15) is 11.3 Å². The molecule has 1 aromatic rings. The monoisotopic (exact) mass is 138 g/mol. The third-order valence-electron chi connectivity index (χ3n) is 1.65. The summed E-state index contributed by atoms with van der Waals surface area (Å²) in [5.74, 6) is 0. The number of hydrogen-bond acceptors (Lipinski definition) is 1. The smallest absolute Gasteiger partial charge is 0.178 e. The Morgan fingerprint density at radius 3 is 2.80 bits per heavy atom. The summed E-state index contributed by atoms with van der Waals surface area (Å²) in [6.07, 6.45) is 1.95. The Morgan fingerprint density at radius 1 is 1.60 bits per heavy atom. The van der Waals surface area contributed by atoms with Crippen molar-refractivity contribution in [2.24, 2.45) is 7.05 Å². The summed E-state index contributed by atoms with van der Waals surface area (Å²) in [5.41, 5.74) is 2.13. The molecule has 0 radical (unpaired) electrons. The van der Waals surface area contributed by atoms with E-state index in [0.717, 1.165) is 11.3 Å². The van der Waals surface area contributed by atoms with E-state index in [2.05, 4.69) is 0 Å². The van der Waals surface area contributed by atoms with Crippen molar-refractivity contribution >= 4 is 0 Å². The standard InChI is InChI=1S/C8H12NO/c1-7-5-8(6-10)3-4-9(7)2/h3-5,10H,6H2,1-2H3/q+1. The van der Waals surface area contributed by atoms with Gasteiger partial charge in [-0.3, -0.25) is 0 Å². The Bertz CT molecular complexity index is 233. The van der Waals surface area contributed by atoms with Crippen LogP contribution in [0.25, 0.3) is 0 Å². The van der Waals surface area contributed by atoms with Crippen LogP contribution in [0.2, 0.25) is 0 Å². The molecule has 0 bridgehead atoms. The lowest BCUT2D eigenvalue weighted by molar-refractivity contribution is -0.677. The zero-order valence-electron chi connectivity index (χ0n) is 6.33. The maximum absolute atomic E-state index is 8.74. The van der Waals surface area contributed by atoms with E-state index in [4.69, 9.17) is 5.11 Å². The van der Waals surface area contributed by atoms with Gasteiger partial charge in [-0.05, 0) is 5.56 Å². The van der Waals surface area contributed by atoms with Crippen LogP contribution in [-0.4, -0.2) is 5.11 Å². The highest BCUT2D eigenvalue weighted by atomic mass is 16.3. The molecule has 1 rings (SSSR count). The molecule has 1 N–H and O–H groups in total. The summed E-state index contributed by atoms with van der Waals surface area (Å²) in [4.78, 5) is 0. The van der Waals surface area contributed by atoms with Gasteiger partial charge in [-0.15, -0.1) is 0 Å². The maximum atomic E-state index is 8.74. The molecule has 0 aliphatic rings. The lowest BCUT2D eigenvalue weighted by Crippen LogP contribution is -2.31. The molecule has 0 unspecified atom stereocenters. The fourth-order valence-corrected chi connectivity index (χ4v) is 0.842. The van der Waals surface area contributed by atoms with E-state index in [1.807, 2.05) is 36.9 Å². The first-order valence-electron chi connectivity index (χ1n) is 3.30. The van der Waals surface area contributed by atoms with Crippen molar-refractivity contribution in [2.75, 3.05) is 0 Å². The molecule has 0 spiro atoms. The van der Waals surface area contributed by atoms with Crippen LogP contribution >= 0.6 is 0 Å². The molecule has 1 aromatic heterocycles. The molecule has 0 amide bonds. The fraction of sp³-hybridized carbons (Fsp3) is 0.375. The van der Waals surface area contributed by atoms with Gasteiger partial charge in [0.05, 0.1) is 6.61 Å². The van der Waals surface area contributed by atoms with Crippen LogP contribution in [0.4, 0.5) is 0 Å². The Hall–Kier alpha value is -0.890. The zero-order chi connectivity index (χ0) is 7.56. The molecule has 0 saturated heterocycles. The van der Waals surface area contributed by atoms with Gasteiger partial charge in [0.2, 0.25) is 0 Å². The fourth-order valence-electron chi connectivity index (χ4n) is 0.842. The molecule has 0 aromatic carbocycles. The Morgan fingerprint density at radius 2 is 2.30 bits per heavy atom. The van der Waals surface area contributed by atoms with Crippen molar-refractivity contribution < 1.29 is 9.67 Å². The van der Waals surface area contributed by atoms with Crippen molar-refractivity contribution in [2.45, 2.75) is 13.5 Å². The Labute approximate surface area is 60.8 Å². The summed E-state index contributed by atoms with van der Waals surface area (Å²) in [7, 11) is 1.98. The van der Waals surface area contributed by atoms with E-state index in [1.165, 1.54) is 0 Å². The maximum Gasteiger partial charge on any atom is 0.178 e. The SMILES string of the molecule is Cc1cc(CO)cc[n+]1C. The van der Waals surface area contributed by atoms with Gasteiger partial charge in [0, 0.05) is 19.1 Å². The van der Waals surface area contributed by atoms with Crippen LogP contribution in [0.3, 0.4) is 0 Å². The largest absolute Gasteiger partial charge is 0.392 e. The number of rotatable bonds is 1. The van der Waals surface area contributed by atoms with Gasteiger partial charge in [0.15, 0.2) is 11.9 Å². The van der Waals surface area contributed by atoms with E-state index in [0.29, 0.717) is 0 Å². The first kappa shape index (κ1) is 7.22. The van der Waals surface area contributed by atoms with E-state index in [9.17, 15) is 0 Å². The third-order valence-corrected chi connectivity index (χ3v) is 1.65. The van der Waals surface area contributed by atoms with Crippen molar-refractivity contribution in [1.29, 1.82) is 0 Å². The molecule has 2 heteroatoms. The number of aliphatic hydroxyl groups is 1. The van der Waals surface area contributed by atoms with E-state index in [-0.39, 0.29) is 6.61 Å². The topological polar surface area (TPSA) is 24.1 Å². The van der Waals surface area contributed by atoms with Gasteiger partial charge in [-0.2, -0.15) is 0 Å². The van der Waals surface area contributed by atoms with Gasteiger partial charge in [0.1, 0.15) is 7.05 Å². The highest BCUT2D eigenvalue weighted by Gasteiger charge is 1.99. The van der Waals surface area contributed by atoms with Gasteiger partial charge < -0.3 is 5.11 Å². The predicted molar refractivity (Wildman–Crippen MR) is 38.3 cm³/mol. The zero-order valence-corrected chi connectivity index (χ0v) is 6.33. The van der Waals surface area contributed by atoms with E-state index in [1.54, 1.807) is 0 Å². The summed E-state index contributed by atoms with van der Waals surface area (Å²) in [5, 5.41) is 8.74. The Kier molecular flexibility index (Phi) is 2.02. The van der Waals surface area contributed by atoms with Gasteiger partial charge in [0.25, 0.3) is 0 Å². The molecule has 10 heavy (non-hydrogen) atoms. The number of nitrogens with zero attached hydrogens (tertiary/aromatic N) is 1. The van der Waals surface area contributed by atoms with Crippen LogP contribution in [0.5, 0.6) is 0 Å². The molecule has 0 atom stereocenters. The molecule has 54 valence electrons. The summed E-state index contributed by atoms with van der Waals surface area (Å²) < 4.78 is 2.01. The van der Waals surface area contributed by atoms with Crippen molar-refractivity contribution in [3.05, 3.63) is 29.6 Å². The normalized spacial score (nSPS) is 9.90. The summed E-state index contributed by atoms with van der Waals surface area (Å²) in [6.45, 7) is 2.14. The lowest BCUT2D eigenvalue weighted by atomic mass is 10.2. The average molecular weight is 138 g/mol. The highest BCUT2D eigenvalue weighted by molar-refractivity contribution is 5.10. The van der Waals surface area contributed by atoms with E-state index < -0.39 is 0 Å². The molecule has 0 saturated carbocycles. The molecule has 0 fully saturated rings. The molecule has 2 nitrogen and oxygen atoms in total. The van der Waals surface area contributed by atoms with Crippen LogP contribution in [0, 0.1) is 6.92 Å². The van der Waals surface area contributed by atoms with Gasteiger partial charge >= 0.3 is 0 Å². The highest BCUT2D eigenvalue weighted by Crippen LogP contribution is 1.97. The second-order valence-electron chi connectivity index (χ2n) is 2.45. The number of aliphatic hydroxyl groups excluding tert-OH is 1. The van der Waals surface area contributed by atoms with Crippen molar-refractivity contribution in [1.82, 2.24) is 0 Å². The third kappa shape index (κ3) is 1.33. The molecule has 0 aliphatic heterocycles. The van der Waals surface area contributed by atoms with Crippen LogP contribution in [-0.2, 0) is 13.7 Å². The van der Waals surface area contributed by atoms with Crippen molar-refractivity contribution in [3.63, 3.8) is 0 Å². The number of aryl methyl sites for hydroxylation is 2. The minimum atomic E-state index is 0.127. The molecule has 1 heterocycles. The number of pyridine rings is 1. The molecular weight excluding hydrogens is 126 g/mol. The average Bonchev–Trinajstić information content (AvgIpc) is 1.95. The Balaban J connectivity index is 3.04. The first-order chi connectivity index (χ1) is 4.74.